The van der Waals surface area contributed by atoms with Crippen molar-refractivity contribution in [2.24, 2.45) is 5.16 Å². The first kappa shape index (κ1) is 10.5. The molecule has 0 aromatic rings. The van der Waals surface area contributed by atoms with Crippen LogP contribution in [0.2, 0.25) is 0 Å². The van der Waals surface area contributed by atoms with Gasteiger partial charge in [0.1, 0.15) is 0 Å². The van der Waals surface area contributed by atoms with E-state index < -0.39 is 0 Å². The summed E-state index contributed by atoms with van der Waals surface area (Å²) >= 11 is 0. The van der Waals surface area contributed by atoms with Gasteiger partial charge in [-0.05, 0) is 27.7 Å². The van der Waals surface area contributed by atoms with E-state index in [1.54, 1.807) is 0 Å². The second-order valence-electron chi connectivity index (χ2n) is 5.41. The van der Waals surface area contributed by atoms with Crippen molar-refractivity contribution in [2.75, 3.05) is 7.05 Å². The average Bonchev–Trinajstić information content (AvgIpc) is 1.99. The third kappa shape index (κ3) is 1.85. The van der Waals surface area contributed by atoms with Gasteiger partial charge in [-0.1, -0.05) is 5.16 Å². The van der Waals surface area contributed by atoms with Crippen molar-refractivity contribution in [1.29, 1.82) is 0 Å². The Morgan fingerprint density at radius 3 is 1.85 bits per heavy atom. The molecule has 1 heterocycles. The zero-order chi connectivity index (χ0) is 10.3. The van der Waals surface area contributed by atoms with Gasteiger partial charge in [0.15, 0.2) is 0 Å². The molecule has 0 radical (unpaired) electrons. The van der Waals surface area contributed by atoms with Crippen LogP contribution in [0, 0.1) is 0 Å². The number of quaternary nitrogens is 1. The van der Waals surface area contributed by atoms with Crippen LogP contribution >= 0.6 is 0 Å². The Hall–Kier alpha value is -0.570. The lowest BCUT2D eigenvalue weighted by Gasteiger charge is -2.47. The van der Waals surface area contributed by atoms with Crippen LogP contribution in [-0.2, 0) is 0 Å². The molecule has 3 heteroatoms. The first-order valence-electron chi connectivity index (χ1n) is 4.84. The maximum absolute atomic E-state index is 8.82. The molecule has 13 heavy (non-hydrogen) atoms. The topological polar surface area (TPSA) is 37.0 Å². The van der Waals surface area contributed by atoms with Gasteiger partial charge in [0.2, 0.25) is 0 Å². The molecular formula is C10H21N2O+. The highest BCUT2D eigenvalue weighted by molar-refractivity contribution is 5.86. The minimum Gasteiger partial charge on any atom is -0.411 e. The molecule has 0 amide bonds. The van der Waals surface area contributed by atoms with Gasteiger partial charge < -0.3 is 10.1 Å². The molecule has 2 N–H and O–H groups in total. The van der Waals surface area contributed by atoms with Crippen molar-refractivity contribution in [3.8, 4) is 0 Å². The zero-order valence-corrected chi connectivity index (χ0v) is 9.31. The molecule has 1 aliphatic rings. The van der Waals surface area contributed by atoms with E-state index in [9.17, 15) is 0 Å². The molecule has 1 aliphatic heterocycles. The molecule has 0 aromatic heterocycles. The van der Waals surface area contributed by atoms with Gasteiger partial charge in [0.25, 0.3) is 0 Å². The lowest BCUT2D eigenvalue weighted by molar-refractivity contribution is -0.977. The Morgan fingerprint density at radius 2 is 1.54 bits per heavy atom. The van der Waals surface area contributed by atoms with Gasteiger partial charge in [-0.2, -0.15) is 0 Å². The highest BCUT2D eigenvalue weighted by Gasteiger charge is 2.45. The van der Waals surface area contributed by atoms with Crippen LogP contribution in [0.4, 0.5) is 0 Å². The van der Waals surface area contributed by atoms with Crippen LogP contribution in [0.1, 0.15) is 40.5 Å². The largest absolute Gasteiger partial charge is 0.411 e. The van der Waals surface area contributed by atoms with Crippen molar-refractivity contribution < 1.29 is 10.1 Å². The maximum Gasteiger partial charge on any atom is 0.0976 e. The van der Waals surface area contributed by atoms with Crippen molar-refractivity contribution in [1.82, 2.24) is 0 Å². The molecular weight excluding hydrogens is 164 g/mol. The predicted octanol–water partition coefficient (Wildman–Crippen LogP) is 0.682. The molecule has 1 fully saturated rings. The standard InChI is InChI=1S/C10H20N2O/c1-9(2)6-8(11-13)7-10(3,4)12(9)5/h13H,6-7H2,1-5H3/p+1. The summed E-state index contributed by atoms with van der Waals surface area (Å²) in [4.78, 5) is 1.51. The minimum absolute atomic E-state index is 0.170. The summed E-state index contributed by atoms with van der Waals surface area (Å²) < 4.78 is 0. The van der Waals surface area contributed by atoms with Gasteiger partial charge in [-0.3, -0.25) is 0 Å². The predicted molar refractivity (Wildman–Crippen MR) is 53.5 cm³/mol. The van der Waals surface area contributed by atoms with E-state index in [2.05, 4.69) is 39.9 Å². The number of hydrogen-bond acceptors (Lipinski definition) is 2. The fourth-order valence-corrected chi connectivity index (χ4v) is 2.33. The van der Waals surface area contributed by atoms with E-state index in [0.717, 1.165) is 18.6 Å². The monoisotopic (exact) mass is 185 g/mol. The molecule has 1 rings (SSSR count). The van der Waals surface area contributed by atoms with E-state index >= 15 is 0 Å². The highest BCUT2D eigenvalue weighted by Crippen LogP contribution is 2.20. The number of oxime groups is 1. The summed E-state index contributed by atoms with van der Waals surface area (Å²) in [7, 11) is 2.22. The molecule has 0 saturated carbocycles. The third-order valence-corrected chi connectivity index (χ3v) is 3.46. The van der Waals surface area contributed by atoms with E-state index in [1.807, 2.05) is 0 Å². The molecule has 76 valence electrons. The third-order valence-electron chi connectivity index (χ3n) is 3.46. The zero-order valence-electron chi connectivity index (χ0n) is 9.31. The highest BCUT2D eigenvalue weighted by atomic mass is 16.4. The van der Waals surface area contributed by atoms with E-state index in [1.165, 1.54) is 4.90 Å². The van der Waals surface area contributed by atoms with Crippen LogP contribution in [0.25, 0.3) is 0 Å². The van der Waals surface area contributed by atoms with E-state index in [4.69, 9.17) is 5.21 Å². The first-order chi connectivity index (χ1) is 5.79. The molecule has 0 aliphatic carbocycles. The van der Waals surface area contributed by atoms with Crippen molar-refractivity contribution >= 4 is 5.71 Å². The Kier molecular flexibility index (Phi) is 2.41. The number of likely N-dealkylation sites (tertiary alicyclic amines) is 1. The molecule has 0 spiro atoms. The molecule has 0 bridgehead atoms. The fraction of sp³-hybridized carbons (Fsp3) is 0.900. The number of hydrogen-bond donors (Lipinski definition) is 2. The Balaban J connectivity index is 2.95. The van der Waals surface area contributed by atoms with Crippen molar-refractivity contribution in [2.45, 2.75) is 51.6 Å². The molecule has 1 saturated heterocycles. The Bertz CT molecular complexity index is 211. The normalized spacial score (nSPS) is 31.5. The summed E-state index contributed by atoms with van der Waals surface area (Å²) in [5.41, 5.74) is 1.27. The summed E-state index contributed by atoms with van der Waals surface area (Å²) in [5.74, 6) is 0. The second kappa shape index (κ2) is 2.98. The van der Waals surface area contributed by atoms with Crippen LogP contribution in [-0.4, -0.2) is 29.0 Å². The Labute approximate surface area is 80.4 Å². The second-order valence-corrected chi connectivity index (χ2v) is 5.41. The number of nitrogens with one attached hydrogen (secondary N) is 1. The van der Waals surface area contributed by atoms with Crippen LogP contribution in [0.3, 0.4) is 0 Å². The van der Waals surface area contributed by atoms with Gasteiger partial charge in [-0.15, -0.1) is 0 Å². The summed E-state index contributed by atoms with van der Waals surface area (Å²) in [6.07, 6.45) is 1.78. The van der Waals surface area contributed by atoms with Crippen molar-refractivity contribution in [3.63, 3.8) is 0 Å². The molecule has 0 unspecified atom stereocenters. The number of nitrogens with zero attached hydrogens (tertiary/aromatic N) is 1. The van der Waals surface area contributed by atoms with Gasteiger partial charge in [0.05, 0.1) is 23.8 Å². The van der Waals surface area contributed by atoms with Gasteiger partial charge in [-0.25, -0.2) is 0 Å². The quantitative estimate of drug-likeness (QED) is 0.423. The average molecular weight is 185 g/mol. The van der Waals surface area contributed by atoms with E-state index in [-0.39, 0.29) is 11.1 Å². The minimum atomic E-state index is 0.170. The number of piperidine rings is 1. The SMILES string of the molecule is C[NH+]1C(C)(C)CC(=NO)CC1(C)C. The molecule has 3 nitrogen and oxygen atoms in total. The molecule has 0 atom stereocenters. The van der Waals surface area contributed by atoms with Crippen molar-refractivity contribution in [3.05, 3.63) is 0 Å². The van der Waals surface area contributed by atoms with Crippen LogP contribution in [0.5, 0.6) is 0 Å². The van der Waals surface area contributed by atoms with Crippen LogP contribution in [0.15, 0.2) is 5.16 Å². The van der Waals surface area contributed by atoms with E-state index in [0.29, 0.717) is 0 Å². The molecule has 0 aromatic carbocycles. The first-order valence-corrected chi connectivity index (χ1v) is 4.84. The fourth-order valence-electron chi connectivity index (χ4n) is 2.33. The van der Waals surface area contributed by atoms with Gasteiger partial charge >= 0.3 is 0 Å². The smallest absolute Gasteiger partial charge is 0.0976 e. The number of rotatable bonds is 0. The maximum atomic E-state index is 8.82. The summed E-state index contributed by atoms with van der Waals surface area (Å²) in [5, 5.41) is 12.2. The lowest BCUT2D eigenvalue weighted by Crippen LogP contribution is -3.24. The van der Waals surface area contributed by atoms with Crippen LogP contribution < -0.4 is 4.90 Å². The summed E-state index contributed by atoms with van der Waals surface area (Å²) in [6, 6.07) is 0. The Morgan fingerprint density at radius 1 is 1.15 bits per heavy atom. The lowest BCUT2D eigenvalue weighted by atomic mass is 9.79. The van der Waals surface area contributed by atoms with Gasteiger partial charge in [0, 0.05) is 12.8 Å². The summed E-state index contributed by atoms with van der Waals surface area (Å²) in [6.45, 7) is 8.87.